The molecule has 0 aliphatic carbocycles. The van der Waals surface area contributed by atoms with Crippen LogP contribution in [0.3, 0.4) is 0 Å². The Balaban J connectivity index is 1.86. The van der Waals surface area contributed by atoms with Crippen LogP contribution in [0.15, 0.2) is 48.5 Å². The lowest BCUT2D eigenvalue weighted by Crippen LogP contribution is -2.22. The normalized spacial score (nSPS) is 12.1. The lowest BCUT2D eigenvalue weighted by Gasteiger charge is -2.21. The van der Waals surface area contributed by atoms with Crippen molar-refractivity contribution in [1.82, 2.24) is 10.2 Å². The van der Waals surface area contributed by atoms with Crippen LogP contribution in [0.2, 0.25) is 0 Å². The first kappa shape index (κ1) is 17.0. The molecule has 25 heavy (non-hydrogen) atoms. The summed E-state index contributed by atoms with van der Waals surface area (Å²) in [4.78, 5) is 14.6. The summed E-state index contributed by atoms with van der Waals surface area (Å²) in [5.41, 5.74) is 2.45. The molecule has 1 atom stereocenters. The predicted molar refractivity (Wildman–Crippen MR) is 99.7 cm³/mol. The van der Waals surface area contributed by atoms with Gasteiger partial charge in [-0.2, -0.15) is 5.10 Å². The first-order valence-electron chi connectivity index (χ1n) is 8.41. The molecule has 1 unspecified atom stereocenters. The smallest absolute Gasteiger partial charge is 0.259 e. The number of benzene rings is 2. The Kier molecular flexibility index (Phi) is 5.00. The number of hydrogen-bond acceptors (Lipinski definition) is 4. The molecular weight excluding hydrogens is 316 g/mol. The Morgan fingerprint density at radius 1 is 1.20 bits per heavy atom. The van der Waals surface area contributed by atoms with Crippen LogP contribution in [0.5, 0.6) is 0 Å². The number of anilines is 2. The zero-order valence-electron chi connectivity index (χ0n) is 14.4. The maximum atomic E-state index is 12.4. The number of nitrogens with one attached hydrogen (secondary N) is 2. The average molecular weight is 338 g/mol. The summed E-state index contributed by atoms with van der Waals surface area (Å²) in [7, 11) is 0. The first-order valence-corrected chi connectivity index (χ1v) is 8.41. The van der Waals surface area contributed by atoms with Gasteiger partial charge in [-0.1, -0.05) is 30.3 Å². The van der Waals surface area contributed by atoms with E-state index in [0.717, 1.165) is 29.7 Å². The molecule has 1 aromatic heterocycles. The van der Waals surface area contributed by atoms with Gasteiger partial charge in [-0.25, -0.2) is 0 Å². The molecule has 2 aromatic carbocycles. The van der Waals surface area contributed by atoms with Crippen LogP contribution >= 0.6 is 0 Å². The van der Waals surface area contributed by atoms with E-state index in [0.29, 0.717) is 11.4 Å². The summed E-state index contributed by atoms with van der Waals surface area (Å²) in [6, 6.07) is 14.8. The van der Waals surface area contributed by atoms with Crippen LogP contribution < -0.4 is 10.2 Å². The van der Waals surface area contributed by atoms with E-state index in [4.69, 9.17) is 0 Å². The fraction of sp³-hybridized carbons (Fsp3) is 0.263. The van der Waals surface area contributed by atoms with Crippen LogP contribution in [0.1, 0.15) is 25.5 Å². The highest BCUT2D eigenvalue weighted by Crippen LogP contribution is 2.27. The Morgan fingerprint density at radius 3 is 2.60 bits per heavy atom. The topological polar surface area (TPSA) is 81.2 Å². The zero-order chi connectivity index (χ0) is 17.8. The van der Waals surface area contributed by atoms with Crippen molar-refractivity contribution in [2.75, 3.05) is 23.3 Å². The minimum Gasteiger partial charge on any atom is -0.378 e. The molecule has 3 rings (SSSR count). The second kappa shape index (κ2) is 7.36. The van der Waals surface area contributed by atoms with Gasteiger partial charge < -0.3 is 15.3 Å². The van der Waals surface area contributed by atoms with Crippen LogP contribution in [0, 0.1) is 0 Å². The van der Waals surface area contributed by atoms with Crippen LogP contribution in [-0.4, -0.2) is 34.3 Å². The van der Waals surface area contributed by atoms with Gasteiger partial charge in [-0.05, 0) is 37.6 Å². The number of carbonyl (C=O) groups excluding carboxylic acids is 1. The number of rotatable bonds is 6. The van der Waals surface area contributed by atoms with Crippen LogP contribution in [-0.2, 0) is 4.79 Å². The van der Waals surface area contributed by atoms with Crippen molar-refractivity contribution in [2.45, 2.75) is 20.0 Å². The number of carbonyl (C=O) groups is 1. The largest absolute Gasteiger partial charge is 0.378 e. The molecule has 0 aliphatic heterocycles. The van der Waals surface area contributed by atoms with E-state index in [2.05, 4.69) is 34.3 Å². The van der Waals surface area contributed by atoms with Crippen LogP contribution in [0.25, 0.3) is 10.9 Å². The van der Waals surface area contributed by atoms with Crippen molar-refractivity contribution in [3.63, 3.8) is 0 Å². The lowest BCUT2D eigenvalue weighted by atomic mass is 10.1. The van der Waals surface area contributed by atoms with Gasteiger partial charge in [-0.15, -0.1) is 0 Å². The van der Waals surface area contributed by atoms with E-state index in [1.54, 1.807) is 24.3 Å². The van der Waals surface area contributed by atoms with Crippen molar-refractivity contribution >= 4 is 28.3 Å². The second-order valence-corrected chi connectivity index (χ2v) is 5.78. The number of hydrogen-bond donors (Lipinski definition) is 3. The maximum Gasteiger partial charge on any atom is 0.259 e. The number of aromatic amines is 1. The summed E-state index contributed by atoms with van der Waals surface area (Å²) >= 11 is 0. The summed E-state index contributed by atoms with van der Waals surface area (Å²) in [5.74, 6) is -0.0863. The average Bonchev–Trinajstić information content (AvgIpc) is 3.05. The van der Waals surface area contributed by atoms with E-state index in [1.165, 1.54) is 0 Å². The molecule has 0 bridgehead atoms. The van der Waals surface area contributed by atoms with Gasteiger partial charge in [0.15, 0.2) is 11.9 Å². The number of aromatic nitrogens is 2. The number of fused-ring (bicyclic) bond motifs is 1. The second-order valence-electron chi connectivity index (χ2n) is 5.78. The number of H-pyrrole nitrogens is 1. The maximum absolute atomic E-state index is 12.4. The van der Waals surface area contributed by atoms with Gasteiger partial charge in [0.2, 0.25) is 0 Å². The van der Waals surface area contributed by atoms with Crippen molar-refractivity contribution < 1.29 is 9.90 Å². The Bertz CT molecular complexity index is 856. The molecular formula is C19H22N4O2. The molecule has 0 aliphatic rings. The molecule has 0 radical (unpaired) electrons. The molecule has 6 nitrogen and oxygen atoms in total. The lowest BCUT2D eigenvalue weighted by molar-refractivity contribution is -0.124. The molecule has 6 heteroatoms. The number of aliphatic hydroxyl groups is 1. The third kappa shape index (κ3) is 3.49. The molecule has 3 aromatic rings. The van der Waals surface area contributed by atoms with Gasteiger partial charge in [-0.3, -0.25) is 9.89 Å². The van der Waals surface area contributed by atoms with Gasteiger partial charge in [0.05, 0.1) is 5.52 Å². The van der Waals surface area contributed by atoms with E-state index in [-0.39, 0.29) is 0 Å². The highest BCUT2D eigenvalue weighted by Gasteiger charge is 2.19. The molecule has 1 heterocycles. The summed E-state index contributed by atoms with van der Waals surface area (Å²) in [6.45, 7) is 5.99. The highest BCUT2D eigenvalue weighted by molar-refractivity contribution is 6.02. The van der Waals surface area contributed by atoms with E-state index in [9.17, 15) is 9.90 Å². The van der Waals surface area contributed by atoms with Crippen molar-refractivity contribution in [3.05, 3.63) is 54.1 Å². The molecule has 1 amide bonds. The highest BCUT2D eigenvalue weighted by atomic mass is 16.3. The van der Waals surface area contributed by atoms with Gasteiger partial charge in [0.1, 0.15) is 0 Å². The third-order valence-electron chi connectivity index (χ3n) is 4.28. The van der Waals surface area contributed by atoms with Gasteiger partial charge in [0, 0.05) is 24.2 Å². The molecule has 0 saturated heterocycles. The Morgan fingerprint density at radius 2 is 1.92 bits per heavy atom. The fourth-order valence-electron chi connectivity index (χ4n) is 2.85. The number of aliphatic hydroxyl groups excluding tert-OH is 1. The Labute approximate surface area is 146 Å². The van der Waals surface area contributed by atoms with Gasteiger partial charge in [0.25, 0.3) is 5.91 Å². The van der Waals surface area contributed by atoms with E-state index < -0.39 is 12.0 Å². The predicted octanol–water partition coefficient (Wildman–Crippen LogP) is 3.08. The van der Waals surface area contributed by atoms with Crippen LogP contribution in [0.4, 0.5) is 11.5 Å². The monoisotopic (exact) mass is 338 g/mol. The van der Waals surface area contributed by atoms with E-state index >= 15 is 0 Å². The van der Waals surface area contributed by atoms with Crippen molar-refractivity contribution in [2.24, 2.45) is 0 Å². The molecule has 0 fully saturated rings. The van der Waals surface area contributed by atoms with Crippen molar-refractivity contribution in [3.8, 4) is 0 Å². The fourth-order valence-corrected chi connectivity index (χ4v) is 2.85. The van der Waals surface area contributed by atoms with E-state index in [1.807, 2.05) is 24.3 Å². The minimum atomic E-state index is -1.24. The SMILES string of the molecule is CCN(CC)c1ccc2[nH]nc(NC(=O)C(O)c3ccccc3)c2c1. The quantitative estimate of drug-likeness (QED) is 0.645. The molecule has 3 N–H and O–H groups in total. The number of amides is 1. The minimum absolute atomic E-state index is 0.420. The molecule has 0 spiro atoms. The Hall–Kier alpha value is -2.86. The van der Waals surface area contributed by atoms with Crippen molar-refractivity contribution in [1.29, 1.82) is 0 Å². The number of nitrogens with zero attached hydrogens (tertiary/aromatic N) is 2. The summed E-state index contributed by atoms with van der Waals surface area (Å²) in [6.07, 6.45) is -1.24. The third-order valence-corrected chi connectivity index (χ3v) is 4.28. The molecule has 130 valence electrons. The summed E-state index contributed by atoms with van der Waals surface area (Å²) < 4.78 is 0. The summed E-state index contributed by atoms with van der Waals surface area (Å²) in [5, 5.41) is 20.8. The zero-order valence-corrected chi connectivity index (χ0v) is 14.4. The van der Waals surface area contributed by atoms with Gasteiger partial charge >= 0.3 is 0 Å². The first-order chi connectivity index (χ1) is 12.1. The standard InChI is InChI=1S/C19H22N4O2/c1-3-23(4-2)14-10-11-16-15(12-14)18(22-21-16)20-19(25)17(24)13-8-6-5-7-9-13/h5-12,17,24H,3-4H2,1-2H3,(H2,20,21,22,25). The molecule has 0 saturated carbocycles.